The number of hydrogen-bond donors (Lipinski definition) is 0. The topological polar surface area (TPSA) is 49.9 Å². The highest BCUT2D eigenvalue weighted by atomic mass is 32.2. The fourth-order valence-electron chi connectivity index (χ4n) is 2.69. The average molecular weight is 362 g/mol. The van der Waals surface area contributed by atoms with Gasteiger partial charge in [0.1, 0.15) is 16.6 Å². The molecule has 2 saturated heterocycles. The monoisotopic (exact) mass is 362 g/mol. The summed E-state index contributed by atoms with van der Waals surface area (Å²) < 4.78 is 5.56. The lowest BCUT2D eigenvalue weighted by molar-refractivity contribution is -0.134. The lowest BCUT2D eigenvalue weighted by Crippen LogP contribution is -2.40. The number of thioether (sulfide) groups is 1. The molecule has 2 fully saturated rings. The molecular formula is C17H18N2O3S2. The van der Waals surface area contributed by atoms with Crippen molar-refractivity contribution >= 4 is 46.2 Å². The van der Waals surface area contributed by atoms with E-state index in [4.69, 9.17) is 17.0 Å². The van der Waals surface area contributed by atoms with E-state index in [0.29, 0.717) is 9.23 Å². The summed E-state index contributed by atoms with van der Waals surface area (Å²) in [5.41, 5.74) is 0.891. The number of rotatable bonds is 4. The summed E-state index contributed by atoms with van der Waals surface area (Å²) in [6.07, 6.45) is 3.85. The summed E-state index contributed by atoms with van der Waals surface area (Å²) in [4.78, 5) is 28.5. The average Bonchev–Trinajstić information content (AvgIpc) is 3.20. The number of methoxy groups -OCH3 is 1. The molecule has 2 aliphatic heterocycles. The van der Waals surface area contributed by atoms with Crippen LogP contribution in [0, 0.1) is 0 Å². The summed E-state index contributed by atoms with van der Waals surface area (Å²) >= 11 is 6.52. The number of likely N-dealkylation sites (tertiary alicyclic amines) is 1. The molecule has 0 unspecified atom stereocenters. The first-order chi connectivity index (χ1) is 11.6. The van der Waals surface area contributed by atoms with Crippen LogP contribution in [0.1, 0.15) is 18.4 Å². The maximum Gasteiger partial charge on any atom is 0.266 e. The van der Waals surface area contributed by atoms with Gasteiger partial charge in [-0.15, -0.1) is 0 Å². The lowest BCUT2D eigenvalue weighted by atomic mass is 10.2. The van der Waals surface area contributed by atoms with E-state index in [9.17, 15) is 9.59 Å². The molecule has 5 nitrogen and oxygen atoms in total. The Balaban J connectivity index is 1.70. The maximum absolute atomic E-state index is 12.5. The molecule has 0 N–H and O–H groups in total. The molecule has 0 atom stereocenters. The van der Waals surface area contributed by atoms with Crippen LogP contribution >= 0.6 is 24.0 Å². The molecule has 0 spiro atoms. The Hall–Kier alpha value is -1.86. The van der Waals surface area contributed by atoms with E-state index in [1.165, 1.54) is 16.7 Å². The van der Waals surface area contributed by atoms with Crippen LogP contribution in [0.15, 0.2) is 29.2 Å². The van der Waals surface area contributed by atoms with Crippen molar-refractivity contribution in [1.82, 2.24) is 9.80 Å². The van der Waals surface area contributed by atoms with Crippen molar-refractivity contribution in [3.63, 3.8) is 0 Å². The molecule has 0 bridgehead atoms. The second-order valence-corrected chi connectivity index (χ2v) is 7.30. The van der Waals surface area contributed by atoms with E-state index in [-0.39, 0.29) is 18.4 Å². The van der Waals surface area contributed by atoms with E-state index in [2.05, 4.69) is 0 Å². The van der Waals surface area contributed by atoms with Crippen LogP contribution < -0.4 is 4.74 Å². The minimum absolute atomic E-state index is 0.0324. The van der Waals surface area contributed by atoms with E-state index in [0.717, 1.165) is 37.2 Å². The minimum Gasteiger partial charge on any atom is -0.497 e. The summed E-state index contributed by atoms with van der Waals surface area (Å²) in [6.45, 7) is 1.58. The van der Waals surface area contributed by atoms with Gasteiger partial charge in [-0.05, 0) is 36.6 Å². The van der Waals surface area contributed by atoms with Gasteiger partial charge in [-0.1, -0.05) is 36.1 Å². The third kappa shape index (κ3) is 3.62. The zero-order valence-electron chi connectivity index (χ0n) is 13.4. The molecule has 2 heterocycles. The number of amides is 2. The molecule has 0 aliphatic carbocycles. The molecule has 24 heavy (non-hydrogen) atoms. The molecule has 7 heteroatoms. The number of ether oxygens (including phenoxy) is 1. The van der Waals surface area contributed by atoms with Gasteiger partial charge < -0.3 is 9.64 Å². The Kier molecular flexibility index (Phi) is 5.20. The molecule has 126 valence electrons. The number of thiocarbonyl (C=S) groups is 1. The van der Waals surface area contributed by atoms with E-state index in [1.54, 1.807) is 18.1 Å². The Morgan fingerprint density at radius 2 is 1.96 bits per heavy atom. The van der Waals surface area contributed by atoms with E-state index in [1.807, 2.05) is 24.3 Å². The van der Waals surface area contributed by atoms with Gasteiger partial charge in [0.25, 0.3) is 5.91 Å². The molecule has 1 aromatic rings. The Labute approximate surface area is 150 Å². The third-order valence-corrected chi connectivity index (χ3v) is 5.42. The van der Waals surface area contributed by atoms with Crippen molar-refractivity contribution in [1.29, 1.82) is 0 Å². The first-order valence-corrected chi connectivity index (χ1v) is 8.98. The van der Waals surface area contributed by atoms with Gasteiger partial charge in [-0.3, -0.25) is 14.5 Å². The van der Waals surface area contributed by atoms with Crippen molar-refractivity contribution in [2.45, 2.75) is 12.8 Å². The predicted octanol–water partition coefficient (Wildman–Crippen LogP) is 2.52. The fraction of sp³-hybridized carbons (Fsp3) is 0.353. The van der Waals surface area contributed by atoms with Crippen molar-refractivity contribution in [2.24, 2.45) is 0 Å². The molecule has 3 rings (SSSR count). The molecule has 0 saturated carbocycles. The van der Waals surface area contributed by atoms with Crippen LogP contribution in [0.3, 0.4) is 0 Å². The number of nitrogens with zero attached hydrogens (tertiary/aromatic N) is 2. The summed E-state index contributed by atoms with van der Waals surface area (Å²) in [5, 5.41) is 0. The highest BCUT2D eigenvalue weighted by Crippen LogP contribution is 2.32. The summed E-state index contributed by atoms with van der Waals surface area (Å²) in [6, 6.07) is 7.43. The van der Waals surface area contributed by atoms with Crippen molar-refractivity contribution < 1.29 is 14.3 Å². The van der Waals surface area contributed by atoms with Gasteiger partial charge in [0, 0.05) is 13.1 Å². The Morgan fingerprint density at radius 1 is 1.29 bits per heavy atom. The highest BCUT2D eigenvalue weighted by Gasteiger charge is 2.34. The SMILES string of the molecule is COc1ccc(/C=C2\SC(=S)N(CC(=O)N3CCCC3)C2=O)cc1. The molecule has 0 radical (unpaired) electrons. The quantitative estimate of drug-likeness (QED) is 0.608. The summed E-state index contributed by atoms with van der Waals surface area (Å²) in [7, 11) is 1.61. The fourth-order valence-corrected chi connectivity index (χ4v) is 3.94. The zero-order chi connectivity index (χ0) is 17.1. The smallest absolute Gasteiger partial charge is 0.266 e. The van der Waals surface area contributed by atoms with Crippen LogP contribution in [0.5, 0.6) is 5.75 Å². The third-order valence-electron chi connectivity index (χ3n) is 4.04. The molecule has 0 aromatic heterocycles. The van der Waals surface area contributed by atoms with Gasteiger partial charge in [0.05, 0.1) is 12.0 Å². The predicted molar refractivity (Wildman–Crippen MR) is 98.7 cm³/mol. The second-order valence-electron chi connectivity index (χ2n) is 5.63. The van der Waals surface area contributed by atoms with Crippen LogP contribution in [-0.4, -0.2) is 52.7 Å². The van der Waals surface area contributed by atoms with Gasteiger partial charge in [-0.25, -0.2) is 0 Å². The number of carbonyl (C=O) groups is 2. The molecule has 2 aliphatic rings. The Morgan fingerprint density at radius 3 is 2.58 bits per heavy atom. The van der Waals surface area contributed by atoms with Gasteiger partial charge >= 0.3 is 0 Å². The van der Waals surface area contributed by atoms with Crippen LogP contribution in [0.2, 0.25) is 0 Å². The van der Waals surface area contributed by atoms with Crippen LogP contribution in [0.4, 0.5) is 0 Å². The maximum atomic E-state index is 12.5. The van der Waals surface area contributed by atoms with Crippen LogP contribution in [0.25, 0.3) is 6.08 Å². The first kappa shape index (κ1) is 17.0. The minimum atomic E-state index is -0.201. The van der Waals surface area contributed by atoms with Gasteiger partial charge in [0.2, 0.25) is 5.91 Å². The highest BCUT2D eigenvalue weighted by molar-refractivity contribution is 8.26. The second kappa shape index (κ2) is 7.36. The van der Waals surface area contributed by atoms with E-state index < -0.39 is 0 Å². The first-order valence-electron chi connectivity index (χ1n) is 7.75. The standard InChI is InChI=1S/C17H18N2O3S2/c1-22-13-6-4-12(5-7-13)10-14-16(21)19(17(23)24-14)11-15(20)18-8-2-3-9-18/h4-7,10H,2-3,8-9,11H2,1H3/b14-10-. The molecule has 2 amide bonds. The lowest BCUT2D eigenvalue weighted by Gasteiger charge is -2.19. The normalized spacial score (nSPS) is 19.5. The molecular weight excluding hydrogens is 344 g/mol. The summed E-state index contributed by atoms with van der Waals surface area (Å²) in [5.74, 6) is 0.527. The largest absolute Gasteiger partial charge is 0.497 e. The zero-order valence-corrected chi connectivity index (χ0v) is 15.0. The molecule has 1 aromatic carbocycles. The van der Waals surface area contributed by atoms with E-state index >= 15 is 0 Å². The van der Waals surface area contributed by atoms with Crippen molar-refractivity contribution in [2.75, 3.05) is 26.7 Å². The number of hydrogen-bond acceptors (Lipinski definition) is 5. The van der Waals surface area contributed by atoms with Crippen molar-refractivity contribution in [3.8, 4) is 5.75 Å². The van der Waals surface area contributed by atoms with Crippen molar-refractivity contribution in [3.05, 3.63) is 34.7 Å². The van der Waals surface area contributed by atoms with Crippen LogP contribution in [-0.2, 0) is 9.59 Å². The number of benzene rings is 1. The number of carbonyl (C=O) groups excluding carboxylic acids is 2. The van der Waals surface area contributed by atoms with Gasteiger partial charge in [0.15, 0.2) is 0 Å². The van der Waals surface area contributed by atoms with Gasteiger partial charge in [-0.2, -0.15) is 0 Å². The Bertz CT molecular complexity index is 694.